The number of amides is 1. The zero-order chi connectivity index (χ0) is 42.3. The first-order chi connectivity index (χ1) is 27.3. The summed E-state index contributed by atoms with van der Waals surface area (Å²) >= 11 is 0. The fourth-order valence-corrected chi connectivity index (χ4v) is 7.86. The van der Waals surface area contributed by atoms with Gasteiger partial charge in [-0.2, -0.15) is 0 Å². The number of carbonyl (C=O) groups is 3. The quantitative estimate of drug-likeness (QED) is 0.0202. The van der Waals surface area contributed by atoms with Crippen molar-refractivity contribution >= 4 is 25.7 Å². The molecule has 336 valence electrons. The molecule has 1 aliphatic rings. The maximum absolute atomic E-state index is 13.6. The summed E-state index contributed by atoms with van der Waals surface area (Å²) in [5.41, 5.74) is 0. The lowest BCUT2D eigenvalue weighted by molar-refractivity contribution is -0.256. The highest BCUT2D eigenvalue weighted by atomic mass is 31.2. The lowest BCUT2D eigenvalue weighted by atomic mass is 9.96. The molecule has 1 aliphatic heterocycles. The van der Waals surface area contributed by atoms with Gasteiger partial charge in [0.2, 0.25) is 5.91 Å². The number of aliphatic hydroxyl groups is 3. The SMILES string of the molecule is CCCCCCCCCCCC(O)CC(=O)N[C@H]1C(O)O[C@H](CO)[C@@H](OP(=O)(O)O)[C@@H]1OC(=O)CC(CCCCCCCCC)OC(=O)CCCCCCCCC. The van der Waals surface area contributed by atoms with Gasteiger partial charge in [-0.25, -0.2) is 4.57 Å². The second kappa shape index (κ2) is 33.1. The number of esters is 2. The van der Waals surface area contributed by atoms with Gasteiger partial charge in [-0.05, 0) is 25.7 Å². The van der Waals surface area contributed by atoms with Crippen LogP contribution in [-0.4, -0.2) is 92.4 Å². The molecule has 14 nitrogen and oxygen atoms in total. The van der Waals surface area contributed by atoms with Crippen LogP contribution in [0.4, 0.5) is 0 Å². The largest absolute Gasteiger partial charge is 0.470 e. The van der Waals surface area contributed by atoms with Crippen LogP contribution in [0.3, 0.4) is 0 Å². The van der Waals surface area contributed by atoms with E-state index in [9.17, 15) is 44.1 Å². The van der Waals surface area contributed by atoms with Gasteiger partial charge in [0.05, 0.1) is 25.6 Å². The van der Waals surface area contributed by atoms with E-state index < -0.39 is 81.5 Å². The zero-order valence-electron chi connectivity index (χ0n) is 35.5. The summed E-state index contributed by atoms with van der Waals surface area (Å²) < 4.78 is 33.8. The number of hydrogen-bond donors (Lipinski definition) is 6. The Kier molecular flexibility index (Phi) is 31.0. The molecule has 0 spiro atoms. The molecule has 1 heterocycles. The Morgan fingerprint density at radius 1 is 0.667 bits per heavy atom. The highest BCUT2D eigenvalue weighted by Gasteiger charge is 2.51. The molecule has 0 saturated carbocycles. The molecule has 0 aliphatic carbocycles. The minimum atomic E-state index is -5.28. The first-order valence-corrected chi connectivity index (χ1v) is 23.9. The van der Waals surface area contributed by atoms with E-state index in [1.54, 1.807) is 0 Å². The smallest absolute Gasteiger partial charge is 0.462 e. The highest BCUT2D eigenvalue weighted by Crippen LogP contribution is 2.42. The van der Waals surface area contributed by atoms with Crippen LogP contribution in [0.5, 0.6) is 0 Å². The van der Waals surface area contributed by atoms with Crippen LogP contribution in [-0.2, 0) is 37.7 Å². The fraction of sp³-hybridized carbons (Fsp3) is 0.929. The first kappa shape index (κ1) is 53.4. The number of aliphatic hydroxyl groups excluding tert-OH is 3. The van der Waals surface area contributed by atoms with Gasteiger partial charge >= 0.3 is 19.8 Å². The van der Waals surface area contributed by atoms with Gasteiger partial charge in [0.1, 0.15) is 24.4 Å². The van der Waals surface area contributed by atoms with E-state index in [4.69, 9.17) is 18.7 Å². The van der Waals surface area contributed by atoms with Crippen molar-refractivity contribution < 1.29 is 62.8 Å². The van der Waals surface area contributed by atoms with Gasteiger partial charge in [0, 0.05) is 6.42 Å². The summed E-state index contributed by atoms with van der Waals surface area (Å²) in [6.07, 6.45) is 15.6. The van der Waals surface area contributed by atoms with E-state index in [2.05, 4.69) is 26.1 Å². The lowest BCUT2D eigenvalue weighted by Crippen LogP contribution is -2.65. The monoisotopic (exact) mass is 838 g/mol. The van der Waals surface area contributed by atoms with Gasteiger partial charge < -0.3 is 44.6 Å². The zero-order valence-corrected chi connectivity index (χ0v) is 36.4. The Labute approximate surface area is 343 Å². The molecule has 57 heavy (non-hydrogen) atoms. The molecule has 1 amide bonds. The highest BCUT2D eigenvalue weighted by molar-refractivity contribution is 7.46. The predicted octanol–water partition coefficient (Wildman–Crippen LogP) is 7.83. The van der Waals surface area contributed by atoms with Crippen LogP contribution in [0.25, 0.3) is 0 Å². The molecule has 0 radical (unpaired) electrons. The van der Waals surface area contributed by atoms with Crippen LogP contribution in [0, 0.1) is 0 Å². The minimum absolute atomic E-state index is 0.206. The van der Waals surface area contributed by atoms with E-state index in [1.807, 2.05) is 0 Å². The number of rotatable bonds is 36. The van der Waals surface area contributed by atoms with Crippen LogP contribution < -0.4 is 5.32 Å². The third-order valence-corrected chi connectivity index (χ3v) is 11.1. The number of carbonyl (C=O) groups excluding carboxylic acids is 3. The van der Waals surface area contributed by atoms with Crippen molar-refractivity contribution in [2.75, 3.05) is 6.61 Å². The van der Waals surface area contributed by atoms with Gasteiger partial charge in [-0.1, -0.05) is 156 Å². The van der Waals surface area contributed by atoms with Crippen LogP contribution in [0.15, 0.2) is 0 Å². The number of nitrogens with one attached hydrogen (secondary N) is 1. The second-order valence-corrected chi connectivity index (χ2v) is 17.1. The average molecular weight is 838 g/mol. The number of phosphoric acid groups is 1. The number of ether oxygens (including phenoxy) is 3. The third kappa shape index (κ3) is 27.0. The van der Waals surface area contributed by atoms with E-state index in [-0.39, 0.29) is 12.8 Å². The van der Waals surface area contributed by atoms with Gasteiger partial charge in [0.15, 0.2) is 12.4 Å². The average Bonchev–Trinajstić information content (AvgIpc) is 3.15. The summed E-state index contributed by atoms with van der Waals surface area (Å²) in [5.74, 6) is -2.08. The Morgan fingerprint density at radius 2 is 1.14 bits per heavy atom. The van der Waals surface area contributed by atoms with E-state index >= 15 is 0 Å². The molecular weight excluding hydrogens is 757 g/mol. The molecule has 1 rings (SSSR count). The first-order valence-electron chi connectivity index (χ1n) is 22.4. The van der Waals surface area contributed by atoms with Crippen molar-refractivity contribution in [1.29, 1.82) is 0 Å². The molecular formula is C42H80NO13P. The predicted molar refractivity (Wildman–Crippen MR) is 219 cm³/mol. The van der Waals surface area contributed by atoms with Crippen LogP contribution >= 0.6 is 7.82 Å². The van der Waals surface area contributed by atoms with E-state index in [0.29, 0.717) is 25.7 Å². The van der Waals surface area contributed by atoms with Crippen molar-refractivity contribution in [3.8, 4) is 0 Å². The second-order valence-electron chi connectivity index (χ2n) is 15.9. The Balaban J connectivity index is 2.98. The van der Waals surface area contributed by atoms with Crippen molar-refractivity contribution in [1.82, 2.24) is 5.32 Å². The maximum atomic E-state index is 13.6. The van der Waals surface area contributed by atoms with Crippen molar-refractivity contribution in [3.63, 3.8) is 0 Å². The number of unbranched alkanes of at least 4 members (excludes halogenated alkanes) is 20. The summed E-state index contributed by atoms with van der Waals surface area (Å²) in [6.45, 7) is 5.62. The molecule has 1 saturated heterocycles. The molecule has 0 aromatic rings. The third-order valence-electron chi connectivity index (χ3n) is 10.6. The van der Waals surface area contributed by atoms with Crippen molar-refractivity contribution in [3.05, 3.63) is 0 Å². The minimum Gasteiger partial charge on any atom is -0.462 e. The summed E-state index contributed by atoms with van der Waals surface area (Å²) in [6, 6.07) is -1.58. The maximum Gasteiger partial charge on any atom is 0.470 e. The van der Waals surface area contributed by atoms with E-state index in [0.717, 1.165) is 89.9 Å². The fourth-order valence-electron chi connectivity index (χ4n) is 7.29. The molecule has 0 aromatic carbocycles. The van der Waals surface area contributed by atoms with Crippen molar-refractivity contribution in [2.24, 2.45) is 0 Å². The standard InChI is InChI=1S/C42H80NO13P/c1-4-7-10-13-16-17-20-21-24-27-33(45)30-36(46)43-39-41(40(56-57(50,51)52)35(32-44)54-42(39)49)55-38(48)31-34(28-25-22-18-14-11-8-5-2)53-37(47)29-26-23-19-15-12-9-6-3/h33-35,39-42,44-45,49H,4-32H2,1-3H3,(H,43,46)(H2,50,51,52)/t33?,34?,35-,39-,40-,41-,42?/m1/s1. The molecule has 0 bridgehead atoms. The molecule has 1 fully saturated rings. The Bertz CT molecular complexity index is 1090. The molecule has 7 atom stereocenters. The molecule has 0 aromatic heterocycles. The van der Waals surface area contributed by atoms with E-state index in [1.165, 1.54) is 44.9 Å². The summed E-state index contributed by atoms with van der Waals surface area (Å²) in [5, 5.41) is 34.0. The van der Waals surface area contributed by atoms with Gasteiger partial charge in [-0.3, -0.25) is 18.9 Å². The lowest BCUT2D eigenvalue weighted by Gasteiger charge is -2.43. The number of phosphoric ester groups is 1. The van der Waals surface area contributed by atoms with Crippen LogP contribution in [0.1, 0.15) is 201 Å². The summed E-state index contributed by atoms with van der Waals surface area (Å²) in [7, 11) is -5.28. The van der Waals surface area contributed by atoms with Crippen LogP contribution in [0.2, 0.25) is 0 Å². The molecule has 6 N–H and O–H groups in total. The number of hydrogen-bond acceptors (Lipinski definition) is 11. The van der Waals surface area contributed by atoms with Crippen molar-refractivity contribution in [2.45, 2.75) is 243 Å². The van der Waals surface area contributed by atoms with Gasteiger partial charge in [0.25, 0.3) is 0 Å². The summed E-state index contributed by atoms with van der Waals surface area (Å²) in [4.78, 5) is 59.0. The molecule has 3 unspecified atom stereocenters. The topological polar surface area (TPSA) is 218 Å². The van der Waals surface area contributed by atoms with Gasteiger partial charge in [-0.15, -0.1) is 0 Å². The normalized spacial score (nSPS) is 20.9. The Hall–Kier alpha value is -1.64. The molecule has 15 heteroatoms. The Morgan fingerprint density at radius 3 is 1.63 bits per heavy atom.